The number of aliphatic carboxylic acids is 1. The number of rotatable bonds is 5. The van der Waals surface area contributed by atoms with Gasteiger partial charge in [0.05, 0.1) is 22.5 Å². The number of fused-ring (bicyclic) bond motifs is 2. The fourth-order valence-corrected chi connectivity index (χ4v) is 6.99. The molecule has 2 atom stereocenters. The third-order valence-electron chi connectivity index (χ3n) is 9.50. The maximum Gasteiger partial charge on any atom is 0.490 e. The van der Waals surface area contributed by atoms with E-state index in [1.807, 2.05) is 47.1 Å². The van der Waals surface area contributed by atoms with E-state index in [1.165, 1.54) is 0 Å². The molecular weight excluding hydrogens is 659 g/mol. The van der Waals surface area contributed by atoms with E-state index in [9.17, 15) is 37.3 Å². The van der Waals surface area contributed by atoms with E-state index in [0.717, 1.165) is 80.1 Å². The Morgan fingerprint density at radius 2 is 1.40 bits per heavy atom. The van der Waals surface area contributed by atoms with Crippen molar-refractivity contribution in [2.24, 2.45) is 0 Å². The lowest BCUT2D eigenvalue weighted by Gasteiger charge is -2.42. The molecule has 262 valence electrons. The Morgan fingerprint density at radius 1 is 0.820 bits per heavy atom. The van der Waals surface area contributed by atoms with Crippen molar-refractivity contribution >= 4 is 23.3 Å². The molecule has 3 aliphatic heterocycles. The third kappa shape index (κ3) is 7.66. The zero-order chi connectivity index (χ0) is 36.3. The van der Waals surface area contributed by atoms with Crippen LogP contribution in [0.1, 0.15) is 51.0 Å². The van der Waals surface area contributed by atoms with Crippen LogP contribution in [0.3, 0.4) is 0 Å². The molecule has 14 heteroatoms. The predicted octanol–water partition coefficient (Wildman–Crippen LogP) is 5.77. The number of carbonyl (C=O) groups is 2. The number of para-hydroxylation sites is 1. The number of halogens is 5. The fourth-order valence-electron chi connectivity index (χ4n) is 6.99. The van der Waals surface area contributed by atoms with Crippen LogP contribution in [0.15, 0.2) is 48.5 Å². The van der Waals surface area contributed by atoms with Crippen LogP contribution in [-0.2, 0) is 11.3 Å². The number of carboxylic acids is 1. The number of anilines is 2. The Hall–Kier alpha value is -5.21. The first-order chi connectivity index (χ1) is 23.7. The van der Waals surface area contributed by atoms with Crippen LogP contribution in [-0.4, -0.2) is 84.3 Å². The Balaban J connectivity index is 0.000000630. The highest BCUT2D eigenvalue weighted by Gasteiger charge is 2.44. The number of aryl methyl sites for hydroxylation is 2. The van der Waals surface area contributed by atoms with Gasteiger partial charge in [-0.3, -0.25) is 9.69 Å². The zero-order valence-corrected chi connectivity index (χ0v) is 27.5. The molecule has 6 rings (SSSR count). The lowest BCUT2D eigenvalue weighted by atomic mass is 9.97. The Labute approximate surface area is 286 Å². The first-order valence-corrected chi connectivity index (χ1v) is 16.0. The van der Waals surface area contributed by atoms with E-state index in [4.69, 9.17) is 9.90 Å². The normalized spacial score (nSPS) is 18.9. The molecule has 1 N–H and O–H groups in total. The Kier molecular flexibility index (Phi) is 10.6. The number of nitriles is 2. The molecule has 3 heterocycles. The number of carbonyl (C=O) groups excluding carboxylic acids is 1. The summed E-state index contributed by atoms with van der Waals surface area (Å²) in [4.78, 5) is 31.5. The van der Waals surface area contributed by atoms with Crippen molar-refractivity contribution in [3.63, 3.8) is 0 Å². The van der Waals surface area contributed by atoms with Crippen molar-refractivity contribution in [3.8, 4) is 12.1 Å². The average Bonchev–Trinajstić information content (AvgIpc) is 3.35. The highest BCUT2D eigenvalue weighted by molar-refractivity contribution is 5.97. The first-order valence-electron chi connectivity index (χ1n) is 16.0. The van der Waals surface area contributed by atoms with Crippen molar-refractivity contribution < 1.29 is 36.6 Å². The molecule has 0 spiro atoms. The van der Waals surface area contributed by atoms with Crippen molar-refractivity contribution in [2.75, 3.05) is 49.1 Å². The molecule has 3 aliphatic rings. The largest absolute Gasteiger partial charge is 0.490 e. The van der Waals surface area contributed by atoms with E-state index >= 15 is 0 Å². The number of nitrogens with zero attached hydrogens (tertiary/aromatic N) is 6. The van der Waals surface area contributed by atoms with Gasteiger partial charge in [-0.2, -0.15) is 23.7 Å². The van der Waals surface area contributed by atoms with Crippen LogP contribution in [0.25, 0.3) is 0 Å². The summed E-state index contributed by atoms with van der Waals surface area (Å²) in [6.45, 7) is 9.13. The molecule has 50 heavy (non-hydrogen) atoms. The summed E-state index contributed by atoms with van der Waals surface area (Å²) >= 11 is 0. The van der Waals surface area contributed by atoms with Crippen molar-refractivity contribution in [1.29, 1.82) is 10.5 Å². The van der Waals surface area contributed by atoms with Gasteiger partial charge in [0, 0.05) is 69.5 Å². The van der Waals surface area contributed by atoms with Crippen LogP contribution in [0.5, 0.6) is 0 Å². The molecule has 0 radical (unpaired) electrons. The molecule has 9 nitrogen and oxygen atoms in total. The number of piperazine rings is 2. The average molecular weight is 695 g/mol. The molecule has 2 bridgehead atoms. The highest BCUT2D eigenvalue weighted by atomic mass is 19.4. The molecule has 3 fully saturated rings. The van der Waals surface area contributed by atoms with E-state index in [2.05, 4.69) is 34.9 Å². The van der Waals surface area contributed by atoms with Crippen molar-refractivity contribution in [3.05, 3.63) is 93.5 Å². The number of hydrogen-bond acceptors (Lipinski definition) is 7. The van der Waals surface area contributed by atoms with E-state index in [-0.39, 0.29) is 23.6 Å². The van der Waals surface area contributed by atoms with Gasteiger partial charge in [-0.15, -0.1) is 0 Å². The minimum absolute atomic E-state index is 0.00891. The quantitative estimate of drug-likeness (QED) is 0.335. The number of alkyl halides is 3. The van der Waals surface area contributed by atoms with Gasteiger partial charge in [-0.25, -0.2) is 13.6 Å². The molecular formula is C36H35F5N6O3. The van der Waals surface area contributed by atoms with Crippen LogP contribution in [0.4, 0.5) is 33.3 Å². The standard InChI is InChI=1S/C34H34F2N6O.C2HF3O2/c1-22-13-23(2)29(14-26(22)19-39-9-11-40(12-10-39)32-6-4-3-5-24(32)17-37)34(43)42-27-7-8-28(42)21-41(20-27)33-16-31(36)30(35)15-25(33)18-38;3-2(4,5)1(6)7/h3-6,13-16,27-28H,7-12,19-21H2,1-2H3;(H,6,7). The van der Waals surface area contributed by atoms with Gasteiger partial charge < -0.3 is 19.8 Å². The Bertz CT molecular complexity index is 1850. The lowest BCUT2D eigenvalue weighted by Crippen LogP contribution is -2.56. The van der Waals surface area contributed by atoms with E-state index in [1.54, 1.807) is 0 Å². The number of hydrogen-bond donors (Lipinski definition) is 1. The topological polar surface area (TPSA) is 115 Å². The summed E-state index contributed by atoms with van der Waals surface area (Å²) in [6, 6.07) is 18.1. The number of carboxylic acid groups (broad SMARTS) is 1. The van der Waals surface area contributed by atoms with Crippen LogP contribution in [0, 0.1) is 48.1 Å². The van der Waals surface area contributed by atoms with Gasteiger partial charge in [-0.05, 0) is 67.6 Å². The van der Waals surface area contributed by atoms with Gasteiger partial charge in [0.15, 0.2) is 11.6 Å². The molecule has 1 amide bonds. The summed E-state index contributed by atoms with van der Waals surface area (Å²) in [6.07, 6.45) is -3.43. The highest BCUT2D eigenvalue weighted by Crippen LogP contribution is 2.36. The lowest BCUT2D eigenvalue weighted by molar-refractivity contribution is -0.192. The SMILES string of the molecule is Cc1cc(C)c(C(=O)N2C3CCC2CN(c2cc(F)c(F)cc2C#N)C3)cc1CN1CCN(c2ccccc2C#N)CC1.O=C(O)C(F)(F)F. The first kappa shape index (κ1) is 36.1. The summed E-state index contributed by atoms with van der Waals surface area (Å²) in [5.41, 5.74) is 6.09. The second kappa shape index (κ2) is 14.7. The molecule has 0 aliphatic carbocycles. The minimum atomic E-state index is -5.08. The molecule has 3 saturated heterocycles. The molecule has 3 aromatic rings. The van der Waals surface area contributed by atoms with Crippen molar-refractivity contribution in [2.45, 2.75) is 51.5 Å². The van der Waals surface area contributed by atoms with Gasteiger partial charge in [0.25, 0.3) is 5.91 Å². The van der Waals surface area contributed by atoms with Gasteiger partial charge in [-0.1, -0.05) is 18.2 Å². The fraction of sp³-hybridized carbons (Fsp3) is 0.389. The van der Waals surface area contributed by atoms with Gasteiger partial charge in [0.2, 0.25) is 0 Å². The van der Waals surface area contributed by atoms with Crippen LogP contribution in [0.2, 0.25) is 0 Å². The molecule has 0 saturated carbocycles. The molecule has 2 unspecified atom stereocenters. The maximum absolute atomic E-state index is 14.1. The number of benzene rings is 3. The second-order valence-electron chi connectivity index (χ2n) is 12.7. The molecule has 3 aromatic carbocycles. The molecule has 0 aromatic heterocycles. The summed E-state index contributed by atoms with van der Waals surface area (Å²) in [7, 11) is 0. The van der Waals surface area contributed by atoms with E-state index in [0.29, 0.717) is 29.9 Å². The van der Waals surface area contributed by atoms with Crippen LogP contribution >= 0.6 is 0 Å². The monoisotopic (exact) mass is 694 g/mol. The summed E-state index contributed by atoms with van der Waals surface area (Å²) < 4.78 is 59.6. The predicted molar refractivity (Wildman–Crippen MR) is 175 cm³/mol. The van der Waals surface area contributed by atoms with Gasteiger partial charge in [0.1, 0.15) is 12.1 Å². The van der Waals surface area contributed by atoms with E-state index < -0.39 is 23.8 Å². The van der Waals surface area contributed by atoms with Gasteiger partial charge >= 0.3 is 12.1 Å². The smallest absolute Gasteiger partial charge is 0.475 e. The summed E-state index contributed by atoms with van der Waals surface area (Å²) in [5.74, 6) is -4.76. The maximum atomic E-state index is 14.1. The van der Waals surface area contributed by atoms with Crippen molar-refractivity contribution in [1.82, 2.24) is 9.80 Å². The Morgan fingerprint density at radius 3 is 1.98 bits per heavy atom. The van der Waals surface area contributed by atoms with Crippen LogP contribution < -0.4 is 9.80 Å². The third-order valence-corrected chi connectivity index (χ3v) is 9.50. The summed E-state index contributed by atoms with van der Waals surface area (Å²) in [5, 5.41) is 26.2. The zero-order valence-electron chi connectivity index (χ0n) is 27.5. The number of amides is 1. The minimum Gasteiger partial charge on any atom is -0.475 e. The second-order valence-corrected chi connectivity index (χ2v) is 12.7.